The Balaban J connectivity index is 1.67. The fraction of sp³-hybridized carbons (Fsp3) is 0.600. The summed E-state index contributed by atoms with van der Waals surface area (Å²) in [7, 11) is 0. The predicted octanol–water partition coefficient (Wildman–Crippen LogP) is 2.88. The number of rotatable bonds is 3. The molecule has 0 spiro atoms. The molecule has 3 rings (SSSR count). The minimum absolute atomic E-state index is 0.494. The van der Waals surface area contributed by atoms with E-state index in [1.165, 1.54) is 30.6 Å². The lowest BCUT2D eigenvalue weighted by Gasteiger charge is -2.25. The zero-order chi connectivity index (χ0) is 12.2. The molecular weight excluding hydrogens is 224 g/mol. The number of ether oxygens (including phenoxy) is 1. The van der Waals surface area contributed by atoms with Gasteiger partial charge in [-0.25, -0.2) is 0 Å². The summed E-state index contributed by atoms with van der Waals surface area (Å²) in [5, 5.41) is 3.51. The Morgan fingerprint density at radius 2 is 2.22 bits per heavy atom. The van der Waals surface area contributed by atoms with Gasteiger partial charge in [0.05, 0.1) is 17.5 Å². The summed E-state index contributed by atoms with van der Waals surface area (Å²) in [4.78, 5) is 2.51. The highest BCUT2D eigenvalue weighted by Crippen LogP contribution is 2.28. The first-order valence-corrected chi connectivity index (χ1v) is 7.13. The molecule has 1 aromatic rings. The topological polar surface area (TPSA) is 24.5 Å². The van der Waals surface area contributed by atoms with Crippen molar-refractivity contribution in [3.63, 3.8) is 0 Å². The van der Waals surface area contributed by atoms with E-state index < -0.39 is 0 Å². The first-order chi connectivity index (χ1) is 8.93. The molecule has 1 unspecified atom stereocenters. The van der Waals surface area contributed by atoms with Crippen molar-refractivity contribution < 1.29 is 4.74 Å². The van der Waals surface area contributed by atoms with Gasteiger partial charge in [-0.3, -0.25) is 0 Å². The molecule has 1 N–H and O–H groups in total. The van der Waals surface area contributed by atoms with Crippen LogP contribution in [-0.4, -0.2) is 32.3 Å². The summed E-state index contributed by atoms with van der Waals surface area (Å²) < 4.78 is 5.72. The molecule has 18 heavy (non-hydrogen) atoms. The van der Waals surface area contributed by atoms with Crippen molar-refractivity contribution in [2.75, 3.05) is 36.5 Å². The normalized spacial score (nSPS) is 23.3. The first kappa shape index (κ1) is 11.8. The van der Waals surface area contributed by atoms with Crippen LogP contribution in [0, 0.1) is 0 Å². The van der Waals surface area contributed by atoms with Gasteiger partial charge in [0.2, 0.25) is 0 Å². The Morgan fingerprint density at radius 3 is 3.11 bits per heavy atom. The number of benzene rings is 1. The van der Waals surface area contributed by atoms with Crippen molar-refractivity contribution >= 4 is 11.4 Å². The van der Waals surface area contributed by atoms with E-state index in [0.717, 1.165) is 32.7 Å². The highest BCUT2D eigenvalue weighted by molar-refractivity contribution is 5.70. The number of hydrogen-bond acceptors (Lipinski definition) is 3. The summed E-state index contributed by atoms with van der Waals surface area (Å²) in [5.74, 6) is 0. The van der Waals surface area contributed by atoms with Crippen LogP contribution in [0.3, 0.4) is 0 Å². The number of hydrogen-bond donors (Lipinski definition) is 1. The molecule has 0 bridgehead atoms. The van der Waals surface area contributed by atoms with Gasteiger partial charge in [-0.2, -0.15) is 0 Å². The Kier molecular flexibility index (Phi) is 3.69. The zero-order valence-corrected chi connectivity index (χ0v) is 10.9. The van der Waals surface area contributed by atoms with Crippen LogP contribution < -0.4 is 10.2 Å². The molecule has 3 heteroatoms. The minimum atomic E-state index is 0.494. The summed E-state index contributed by atoms with van der Waals surface area (Å²) in [6, 6.07) is 8.64. The molecule has 0 aliphatic carbocycles. The van der Waals surface area contributed by atoms with E-state index in [4.69, 9.17) is 4.74 Å². The van der Waals surface area contributed by atoms with Crippen molar-refractivity contribution in [2.45, 2.75) is 31.8 Å². The van der Waals surface area contributed by atoms with E-state index in [1.54, 1.807) is 0 Å². The van der Waals surface area contributed by atoms with Gasteiger partial charge < -0.3 is 15.0 Å². The molecule has 1 fully saturated rings. The van der Waals surface area contributed by atoms with Crippen molar-refractivity contribution in [3.8, 4) is 0 Å². The molecule has 2 heterocycles. The lowest BCUT2D eigenvalue weighted by molar-refractivity contribution is 0.106. The SMILES string of the molecule is c1ccc2c(c1)NCCCN2CCC1CCCO1. The molecule has 0 amide bonds. The van der Waals surface area contributed by atoms with Gasteiger partial charge in [-0.15, -0.1) is 0 Å². The number of para-hydroxylation sites is 2. The summed E-state index contributed by atoms with van der Waals surface area (Å²) >= 11 is 0. The smallest absolute Gasteiger partial charge is 0.0602 e. The summed E-state index contributed by atoms with van der Waals surface area (Å²) in [5.41, 5.74) is 2.63. The summed E-state index contributed by atoms with van der Waals surface area (Å²) in [6.07, 6.45) is 5.35. The van der Waals surface area contributed by atoms with E-state index in [9.17, 15) is 0 Å². The van der Waals surface area contributed by atoms with E-state index in [0.29, 0.717) is 6.10 Å². The number of nitrogens with one attached hydrogen (secondary N) is 1. The predicted molar refractivity (Wildman–Crippen MR) is 75.4 cm³/mol. The maximum absolute atomic E-state index is 5.72. The Bertz CT molecular complexity index is 388. The molecule has 1 atom stereocenters. The van der Waals surface area contributed by atoms with E-state index in [1.807, 2.05) is 0 Å². The van der Waals surface area contributed by atoms with Gasteiger partial charge in [-0.1, -0.05) is 12.1 Å². The van der Waals surface area contributed by atoms with Crippen LogP contribution >= 0.6 is 0 Å². The number of fused-ring (bicyclic) bond motifs is 1. The lowest BCUT2D eigenvalue weighted by Crippen LogP contribution is -2.27. The third-order valence-electron chi connectivity index (χ3n) is 3.91. The molecule has 1 aromatic carbocycles. The second-order valence-corrected chi connectivity index (χ2v) is 5.21. The molecule has 0 saturated carbocycles. The van der Waals surface area contributed by atoms with E-state index in [2.05, 4.69) is 34.5 Å². The first-order valence-electron chi connectivity index (χ1n) is 7.13. The van der Waals surface area contributed by atoms with Crippen molar-refractivity contribution in [3.05, 3.63) is 24.3 Å². The van der Waals surface area contributed by atoms with Crippen LogP contribution in [0.1, 0.15) is 25.7 Å². The van der Waals surface area contributed by atoms with Crippen molar-refractivity contribution in [1.29, 1.82) is 0 Å². The molecule has 3 nitrogen and oxygen atoms in total. The number of nitrogens with zero attached hydrogens (tertiary/aromatic N) is 1. The van der Waals surface area contributed by atoms with Crippen LogP contribution in [0.25, 0.3) is 0 Å². The van der Waals surface area contributed by atoms with Crippen LogP contribution in [0.2, 0.25) is 0 Å². The molecule has 2 aliphatic rings. The van der Waals surface area contributed by atoms with Gasteiger partial charge in [0.1, 0.15) is 0 Å². The third kappa shape index (κ3) is 2.61. The average molecular weight is 246 g/mol. The Morgan fingerprint density at radius 1 is 1.28 bits per heavy atom. The van der Waals surface area contributed by atoms with Crippen LogP contribution in [0.4, 0.5) is 11.4 Å². The largest absolute Gasteiger partial charge is 0.383 e. The molecule has 2 aliphatic heterocycles. The Hall–Kier alpha value is -1.22. The molecule has 0 aromatic heterocycles. The monoisotopic (exact) mass is 246 g/mol. The van der Waals surface area contributed by atoms with Gasteiger partial charge in [-0.05, 0) is 37.8 Å². The maximum atomic E-state index is 5.72. The fourth-order valence-corrected chi connectivity index (χ4v) is 2.92. The number of anilines is 2. The molecule has 98 valence electrons. The quantitative estimate of drug-likeness (QED) is 0.887. The second-order valence-electron chi connectivity index (χ2n) is 5.21. The van der Waals surface area contributed by atoms with Crippen molar-refractivity contribution in [1.82, 2.24) is 0 Å². The van der Waals surface area contributed by atoms with Gasteiger partial charge >= 0.3 is 0 Å². The van der Waals surface area contributed by atoms with Gasteiger partial charge in [0.25, 0.3) is 0 Å². The molecule has 1 saturated heterocycles. The average Bonchev–Trinajstić information content (AvgIpc) is 2.84. The Labute approximate surface area is 109 Å². The maximum Gasteiger partial charge on any atom is 0.0602 e. The third-order valence-corrected chi connectivity index (χ3v) is 3.91. The van der Waals surface area contributed by atoms with Crippen LogP contribution in [0.15, 0.2) is 24.3 Å². The van der Waals surface area contributed by atoms with Crippen LogP contribution in [-0.2, 0) is 4.74 Å². The zero-order valence-electron chi connectivity index (χ0n) is 10.9. The highest BCUT2D eigenvalue weighted by atomic mass is 16.5. The van der Waals surface area contributed by atoms with E-state index >= 15 is 0 Å². The van der Waals surface area contributed by atoms with Crippen molar-refractivity contribution in [2.24, 2.45) is 0 Å². The van der Waals surface area contributed by atoms with Gasteiger partial charge in [0.15, 0.2) is 0 Å². The highest BCUT2D eigenvalue weighted by Gasteiger charge is 2.19. The fourth-order valence-electron chi connectivity index (χ4n) is 2.92. The molecule has 0 radical (unpaired) electrons. The lowest BCUT2D eigenvalue weighted by atomic mass is 10.1. The summed E-state index contributed by atoms with van der Waals surface area (Å²) in [6.45, 7) is 4.30. The molecular formula is C15H22N2O. The second kappa shape index (κ2) is 5.61. The minimum Gasteiger partial charge on any atom is -0.383 e. The van der Waals surface area contributed by atoms with E-state index in [-0.39, 0.29) is 0 Å². The van der Waals surface area contributed by atoms with Gasteiger partial charge in [0, 0.05) is 26.2 Å². The van der Waals surface area contributed by atoms with Crippen LogP contribution in [0.5, 0.6) is 0 Å². The standard InChI is InChI=1S/C15H22N2O/c1-2-7-15-14(6-1)16-9-4-10-17(15)11-8-13-5-3-12-18-13/h1-2,6-7,13,16H,3-5,8-12H2.